The molecule has 0 aromatic heterocycles. The molecule has 1 heterocycles. The Morgan fingerprint density at radius 1 is 1.00 bits per heavy atom. The summed E-state index contributed by atoms with van der Waals surface area (Å²) in [5.74, 6) is 6.21. The summed E-state index contributed by atoms with van der Waals surface area (Å²) in [7, 11) is 0. The van der Waals surface area contributed by atoms with Gasteiger partial charge in [0.1, 0.15) is 0 Å². The van der Waals surface area contributed by atoms with E-state index >= 15 is 0 Å². The number of aliphatic imine (C=N–C) groups is 1. The molecule has 6 unspecified atom stereocenters. The minimum atomic E-state index is -0.638. The monoisotopic (exact) mass is 458 g/mol. The zero-order valence-electron chi connectivity index (χ0n) is 21.8. The summed E-state index contributed by atoms with van der Waals surface area (Å²) in [4.78, 5) is 17.0. The van der Waals surface area contributed by atoms with Crippen LogP contribution in [0.3, 0.4) is 0 Å². The lowest BCUT2D eigenvalue weighted by Gasteiger charge is -2.44. The van der Waals surface area contributed by atoms with E-state index in [0.717, 1.165) is 42.4 Å². The number of rotatable bonds is 5. The van der Waals surface area contributed by atoms with Crippen molar-refractivity contribution < 1.29 is 9.90 Å². The highest BCUT2D eigenvalue weighted by Crippen LogP contribution is 2.48. The van der Waals surface area contributed by atoms with Crippen molar-refractivity contribution in [1.82, 2.24) is 5.32 Å². The molecule has 0 bridgehead atoms. The summed E-state index contributed by atoms with van der Waals surface area (Å²) in [6.07, 6.45) is 15.7. The quantitative estimate of drug-likeness (QED) is 0.469. The highest BCUT2D eigenvalue weighted by molar-refractivity contribution is 5.83. The van der Waals surface area contributed by atoms with E-state index in [1.165, 1.54) is 70.0 Å². The Morgan fingerprint density at radius 2 is 1.76 bits per heavy atom. The van der Waals surface area contributed by atoms with Crippen LogP contribution in [0.4, 0.5) is 0 Å². The molecule has 0 aromatic carbocycles. The van der Waals surface area contributed by atoms with Crippen molar-refractivity contribution in [2.24, 2.45) is 52.3 Å². The first kappa shape index (κ1) is 25.0. The first-order chi connectivity index (χ1) is 15.8. The van der Waals surface area contributed by atoms with Crippen LogP contribution in [0.15, 0.2) is 4.99 Å². The minimum absolute atomic E-state index is 0.277. The number of aliphatic carboxylic acids is 1. The molecule has 4 nitrogen and oxygen atoms in total. The smallest absolute Gasteiger partial charge is 0.303 e. The van der Waals surface area contributed by atoms with Gasteiger partial charge in [0.05, 0.1) is 11.9 Å². The minimum Gasteiger partial charge on any atom is -0.481 e. The maximum Gasteiger partial charge on any atom is 0.303 e. The van der Waals surface area contributed by atoms with Gasteiger partial charge < -0.3 is 10.4 Å². The van der Waals surface area contributed by atoms with Crippen LogP contribution >= 0.6 is 0 Å². The Bertz CT molecular complexity index is 681. The van der Waals surface area contributed by atoms with Gasteiger partial charge in [-0.15, -0.1) is 0 Å². The zero-order valence-corrected chi connectivity index (χ0v) is 21.8. The highest BCUT2D eigenvalue weighted by Gasteiger charge is 2.44. The average molecular weight is 459 g/mol. The third-order valence-electron chi connectivity index (χ3n) is 10.2. The number of nitrogens with zero attached hydrogens (tertiary/aromatic N) is 1. The van der Waals surface area contributed by atoms with Crippen molar-refractivity contribution in [3.63, 3.8) is 0 Å². The number of hydrogen-bond acceptors (Lipinski definition) is 3. The summed E-state index contributed by atoms with van der Waals surface area (Å²) in [5, 5.41) is 13.4. The maximum atomic E-state index is 11.5. The molecule has 3 aliphatic carbocycles. The molecule has 3 fully saturated rings. The Hall–Kier alpha value is -1.06. The summed E-state index contributed by atoms with van der Waals surface area (Å²) in [6, 6.07) is 0.908. The Morgan fingerprint density at radius 3 is 2.42 bits per heavy atom. The van der Waals surface area contributed by atoms with E-state index in [1.807, 2.05) is 0 Å². The van der Waals surface area contributed by atoms with Crippen molar-refractivity contribution in [3.05, 3.63) is 0 Å². The van der Waals surface area contributed by atoms with Gasteiger partial charge in [-0.3, -0.25) is 9.79 Å². The van der Waals surface area contributed by atoms with Crippen LogP contribution < -0.4 is 5.32 Å². The van der Waals surface area contributed by atoms with Gasteiger partial charge in [-0.05, 0) is 98.7 Å². The summed E-state index contributed by atoms with van der Waals surface area (Å²) in [5.41, 5.74) is 0. The molecule has 0 amide bonds. The van der Waals surface area contributed by atoms with Crippen molar-refractivity contribution in [2.45, 2.75) is 123 Å². The maximum absolute atomic E-state index is 11.5. The largest absolute Gasteiger partial charge is 0.481 e. The summed E-state index contributed by atoms with van der Waals surface area (Å²) < 4.78 is 0. The van der Waals surface area contributed by atoms with Crippen LogP contribution in [0.1, 0.15) is 111 Å². The van der Waals surface area contributed by atoms with Crippen LogP contribution in [-0.2, 0) is 4.79 Å². The van der Waals surface area contributed by atoms with Gasteiger partial charge >= 0.3 is 5.97 Å². The van der Waals surface area contributed by atoms with Crippen LogP contribution in [0.2, 0.25) is 0 Å². The molecule has 0 aromatic rings. The molecule has 1 aliphatic heterocycles. The number of carboxylic acids is 1. The molecule has 0 saturated heterocycles. The van der Waals surface area contributed by atoms with E-state index in [-0.39, 0.29) is 5.92 Å². The van der Waals surface area contributed by atoms with Gasteiger partial charge in [0, 0.05) is 18.9 Å². The van der Waals surface area contributed by atoms with Crippen LogP contribution in [0.25, 0.3) is 0 Å². The molecule has 4 aliphatic rings. The number of nitrogens with one attached hydrogen (secondary N) is 1. The average Bonchev–Trinajstić information content (AvgIpc) is 2.93. The van der Waals surface area contributed by atoms with E-state index in [4.69, 9.17) is 4.99 Å². The molecule has 0 spiro atoms. The van der Waals surface area contributed by atoms with E-state index < -0.39 is 5.97 Å². The highest BCUT2D eigenvalue weighted by atomic mass is 16.4. The van der Waals surface area contributed by atoms with Crippen LogP contribution in [-0.4, -0.2) is 29.0 Å². The Balaban J connectivity index is 1.48. The first-order valence-corrected chi connectivity index (χ1v) is 14.3. The number of carbonyl (C=O) groups is 1. The number of carboxylic acid groups (broad SMARTS) is 1. The summed E-state index contributed by atoms with van der Waals surface area (Å²) in [6.45, 7) is 9.50. The molecule has 0 radical (unpaired) electrons. The fraction of sp³-hybridized carbons (Fsp3) is 0.931. The van der Waals surface area contributed by atoms with Gasteiger partial charge in [-0.2, -0.15) is 0 Å². The molecule has 188 valence electrons. The van der Waals surface area contributed by atoms with Gasteiger partial charge in [0.2, 0.25) is 0 Å². The first-order valence-electron chi connectivity index (χ1n) is 14.3. The SMILES string of the molecule is CC(C)C1CCC(NC2=NC3CC(CC(=O)O)C(C)CC3C(C3CCC[C@@H](C)C3)CC2)CC1. The molecule has 33 heavy (non-hydrogen) atoms. The van der Waals surface area contributed by atoms with E-state index in [2.05, 4.69) is 33.0 Å². The predicted octanol–water partition coefficient (Wildman–Crippen LogP) is 6.93. The normalized spacial score (nSPS) is 42.2. The van der Waals surface area contributed by atoms with Crippen molar-refractivity contribution >= 4 is 11.8 Å². The third kappa shape index (κ3) is 6.34. The number of fused-ring (bicyclic) bond motifs is 1. The van der Waals surface area contributed by atoms with Gasteiger partial charge in [0.15, 0.2) is 0 Å². The lowest BCUT2D eigenvalue weighted by molar-refractivity contribution is -0.139. The molecule has 4 heteroatoms. The Kier molecular flexibility index (Phi) is 8.44. The fourth-order valence-electron chi connectivity index (χ4n) is 8.13. The second-order valence-corrected chi connectivity index (χ2v) is 12.8. The van der Waals surface area contributed by atoms with E-state index in [1.54, 1.807) is 0 Å². The van der Waals surface area contributed by atoms with Crippen LogP contribution in [0.5, 0.6) is 0 Å². The van der Waals surface area contributed by atoms with Crippen molar-refractivity contribution in [2.75, 3.05) is 0 Å². The lowest BCUT2D eigenvalue weighted by Crippen LogP contribution is -2.41. The standard InChI is InChI=1S/C29H50N2O2/c1-18(2)21-8-10-24(11-9-21)30-28-13-12-25(22-7-5-6-19(3)14-22)26-15-20(4)23(17-29(32)33)16-27(26)31-28/h18-27H,5-17H2,1-4H3,(H,30,31)(H,32,33)/t19-,20?,21?,22?,23?,24?,25?,26?,27?/m1/s1. The topological polar surface area (TPSA) is 61.7 Å². The lowest BCUT2D eigenvalue weighted by atomic mass is 9.61. The third-order valence-corrected chi connectivity index (χ3v) is 10.2. The van der Waals surface area contributed by atoms with Crippen molar-refractivity contribution in [1.29, 1.82) is 0 Å². The molecular formula is C29H50N2O2. The van der Waals surface area contributed by atoms with E-state index in [0.29, 0.717) is 30.3 Å². The molecule has 4 rings (SSSR count). The van der Waals surface area contributed by atoms with Crippen molar-refractivity contribution in [3.8, 4) is 0 Å². The van der Waals surface area contributed by atoms with Gasteiger partial charge in [-0.25, -0.2) is 0 Å². The zero-order chi connectivity index (χ0) is 23.5. The second kappa shape index (κ2) is 11.1. The number of hydrogen-bond donors (Lipinski definition) is 2. The molecule has 3 saturated carbocycles. The number of amidine groups is 1. The summed E-state index contributed by atoms with van der Waals surface area (Å²) >= 11 is 0. The fourth-order valence-corrected chi connectivity index (χ4v) is 8.13. The molecule has 7 atom stereocenters. The van der Waals surface area contributed by atoms with E-state index in [9.17, 15) is 9.90 Å². The van der Waals surface area contributed by atoms with Crippen LogP contribution in [0, 0.1) is 47.3 Å². The molecule has 2 N–H and O–H groups in total. The van der Waals surface area contributed by atoms with Gasteiger partial charge in [-0.1, -0.05) is 47.0 Å². The second-order valence-electron chi connectivity index (χ2n) is 12.8. The predicted molar refractivity (Wildman–Crippen MR) is 136 cm³/mol. The Labute approximate surface area is 202 Å². The molecular weight excluding hydrogens is 408 g/mol. The van der Waals surface area contributed by atoms with Gasteiger partial charge in [0.25, 0.3) is 0 Å².